The molecular formula is C18H23BrClNO3. The maximum atomic E-state index is 5.74. The number of benzene rings is 2. The predicted molar refractivity (Wildman–Crippen MR) is 103 cm³/mol. The van der Waals surface area contributed by atoms with E-state index in [0.29, 0.717) is 13.2 Å². The Morgan fingerprint density at radius 1 is 1.00 bits per heavy atom. The minimum atomic E-state index is 0. The molecule has 0 spiro atoms. The lowest BCUT2D eigenvalue weighted by atomic mass is 10.1. The molecule has 0 aromatic heterocycles. The van der Waals surface area contributed by atoms with Crippen LogP contribution in [0.1, 0.15) is 18.1 Å². The first-order chi connectivity index (χ1) is 11.2. The van der Waals surface area contributed by atoms with Crippen molar-refractivity contribution in [1.82, 2.24) is 5.32 Å². The lowest BCUT2D eigenvalue weighted by Gasteiger charge is -2.15. The number of rotatable bonds is 8. The summed E-state index contributed by atoms with van der Waals surface area (Å²) in [5.74, 6) is 2.40. The van der Waals surface area contributed by atoms with E-state index in [1.54, 1.807) is 14.2 Å². The lowest BCUT2D eigenvalue weighted by molar-refractivity contribution is 0.306. The highest BCUT2D eigenvalue weighted by molar-refractivity contribution is 9.10. The molecule has 4 nitrogen and oxygen atoms in total. The molecule has 0 fully saturated rings. The minimum Gasteiger partial charge on any atom is -0.497 e. The summed E-state index contributed by atoms with van der Waals surface area (Å²) in [7, 11) is 3.32. The van der Waals surface area contributed by atoms with Crippen LogP contribution in [0.2, 0.25) is 0 Å². The summed E-state index contributed by atoms with van der Waals surface area (Å²) in [6.45, 7) is 4.03. The quantitative estimate of drug-likeness (QED) is 0.684. The van der Waals surface area contributed by atoms with Crippen molar-refractivity contribution in [2.24, 2.45) is 0 Å². The van der Waals surface area contributed by atoms with Gasteiger partial charge in [0.1, 0.15) is 5.75 Å². The topological polar surface area (TPSA) is 39.7 Å². The Hall–Kier alpha value is -1.43. The van der Waals surface area contributed by atoms with Crippen LogP contribution < -0.4 is 19.5 Å². The number of nitrogens with one attached hydrogen (secondary N) is 1. The van der Waals surface area contributed by atoms with Crippen molar-refractivity contribution in [3.05, 3.63) is 52.0 Å². The fourth-order valence-corrected chi connectivity index (χ4v) is 2.78. The molecule has 0 atom stereocenters. The van der Waals surface area contributed by atoms with Gasteiger partial charge in [0, 0.05) is 23.1 Å². The van der Waals surface area contributed by atoms with Crippen LogP contribution in [0.15, 0.2) is 40.9 Å². The summed E-state index contributed by atoms with van der Waals surface area (Å²) in [5, 5.41) is 3.44. The zero-order chi connectivity index (χ0) is 16.7. The Labute approximate surface area is 158 Å². The molecule has 0 saturated heterocycles. The Morgan fingerprint density at radius 3 is 2.29 bits per heavy atom. The zero-order valence-corrected chi connectivity index (χ0v) is 16.5. The van der Waals surface area contributed by atoms with E-state index in [-0.39, 0.29) is 12.4 Å². The number of hydrogen-bond acceptors (Lipinski definition) is 4. The van der Waals surface area contributed by atoms with Crippen molar-refractivity contribution in [3.8, 4) is 17.2 Å². The van der Waals surface area contributed by atoms with Gasteiger partial charge in [-0.2, -0.15) is 0 Å². The van der Waals surface area contributed by atoms with Gasteiger partial charge in [0.05, 0.1) is 20.8 Å². The normalized spacial score (nSPS) is 10.0. The molecule has 0 unspecified atom stereocenters. The van der Waals surface area contributed by atoms with Crippen LogP contribution in [0.25, 0.3) is 0 Å². The molecule has 2 rings (SSSR count). The van der Waals surface area contributed by atoms with Gasteiger partial charge in [0.15, 0.2) is 11.5 Å². The van der Waals surface area contributed by atoms with E-state index in [1.165, 1.54) is 5.56 Å². The molecule has 2 aromatic carbocycles. The van der Waals surface area contributed by atoms with Crippen LogP contribution >= 0.6 is 28.3 Å². The van der Waals surface area contributed by atoms with Gasteiger partial charge in [-0.15, -0.1) is 12.4 Å². The van der Waals surface area contributed by atoms with Gasteiger partial charge >= 0.3 is 0 Å². The smallest absolute Gasteiger partial charge is 0.165 e. The van der Waals surface area contributed by atoms with Gasteiger partial charge in [-0.25, -0.2) is 0 Å². The second-order valence-electron chi connectivity index (χ2n) is 4.98. The molecule has 6 heteroatoms. The van der Waals surface area contributed by atoms with Gasteiger partial charge in [0.2, 0.25) is 0 Å². The van der Waals surface area contributed by atoms with Gasteiger partial charge < -0.3 is 19.5 Å². The highest BCUT2D eigenvalue weighted by Crippen LogP contribution is 2.34. The average Bonchev–Trinajstić information content (AvgIpc) is 2.57. The summed E-state index contributed by atoms with van der Waals surface area (Å²) in [6.07, 6.45) is 0. The SMILES string of the molecule is CCOc1c(CNCc2ccc(OC)cc2)cc(Br)cc1OC.Cl. The fraction of sp³-hybridized carbons (Fsp3) is 0.333. The van der Waals surface area contributed by atoms with Crippen molar-refractivity contribution in [2.45, 2.75) is 20.0 Å². The van der Waals surface area contributed by atoms with Crippen molar-refractivity contribution in [1.29, 1.82) is 0 Å². The molecule has 1 N–H and O–H groups in total. The Kier molecular flexibility index (Phi) is 8.97. The van der Waals surface area contributed by atoms with Crippen LogP contribution in [0.5, 0.6) is 17.2 Å². The summed E-state index contributed by atoms with van der Waals surface area (Å²) >= 11 is 3.51. The molecular weight excluding hydrogens is 394 g/mol. The Balaban J connectivity index is 0.00000288. The van der Waals surface area contributed by atoms with Crippen LogP contribution in [0.3, 0.4) is 0 Å². The van der Waals surface area contributed by atoms with E-state index >= 15 is 0 Å². The van der Waals surface area contributed by atoms with E-state index in [0.717, 1.165) is 33.8 Å². The van der Waals surface area contributed by atoms with Crippen molar-refractivity contribution >= 4 is 28.3 Å². The maximum Gasteiger partial charge on any atom is 0.165 e. The number of halogens is 2. The third-order valence-corrected chi connectivity index (χ3v) is 3.87. The van der Waals surface area contributed by atoms with Gasteiger partial charge in [-0.3, -0.25) is 0 Å². The van der Waals surface area contributed by atoms with E-state index in [2.05, 4.69) is 39.4 Å². The first kappa shape index (κ1) is 20.6. The molecule has 0 heterocycles. The van der Waals surface area contributed by atoms with Gasteiger partial charge in [-0.1, -0.05) is 28.1 Å². The highest BCUT2D eigenvalue weighted by Gasteiger charge is 2.12. The van der Waals surface area contributed by atoms with Crippen LogP contribution in [-0.2, 0) is 13.1 Å². The number of methoxy groups -OCH3 is 2. The van der Waals surface area contributed by atoms with Crippen LogP contribution in [-0.4, -0.2) is 20.8 Å². The van der Waals surface area contributed by atoms with E-state index in [9.17, 15) is 0 Å². The summed E-state index contributed by atoms with van der Waals surface area (Å²) in [5.41, 5.74) is 2.26. The van der Waals surface area contributed by atoms with E-state index in [1.807, 2.05) is 25.1 Å². The minimum absolute atomic E-state index is 0. The second kappa shape index (κ2) is 10.4. The molecule has 0 radical (unpaired) electrons. The van der Waals surface area contributed by atoms with Crippen LogP contribution in [0.4, 0.5) is 0 Å². The first-order valence-electron chi connectivity index (χ1n) is 7.50. The molecule has 0 amide bonds. The van der Waals surface area contributed by atoms with Crippen molar-refractivity contribution < 1.29 is 14.2 Å². The molecule has 2 aromatic rings. The maximum absolute atomic E-state index is 5.74. The standard InChI is InChI=1S/C18H22BrNO3.ClH/c1-4-23-18-14(9-15(19)10-17(18)22-3)12-20-11-13-5-7-16(21-2)8-6-13;/h5-10,20H,4,11-12H2,1-3H3;1H. The molecule has 0 aliphatic rings. The third kappa shape index (κ3) is 5.58. The number of hydrogen-bond donors (Lipinski definition) is 1. The van der Waals surface area contributed by atoms with Gasteiger partial charge in [-0.05, 0) is 36.8 Å². The predicted octanol–water partition coefficient (Wildman–Crippen LogP) is 4.58. The average molecular weight is 417 g/mol. The van der Waals surface area contributed by atoms with E-state index < -0.39 is 0 Å². The molecule has 0 aliphatic carbocycles. The first-order valence-corrected chi connectivity index (χ1v) is 8.30. The molecule has 132 valence electrons. The van der Waals surface area contributed by atoms with Crippen molar-refractivity contribution in [2.75, 3.05) is 20.8 Å². The molecule has 0 bridgehead atoms. The summed E-state index contributed by atoms with van der Waals surface area (Å²) in [4.78, 5) is 0. The lowest BCUT2D eigenvalue weighted by Crippen LogP contribution is -2.14. The molecule has 0 aliphatic heterocycles. The van der Waals surface area contributed by atoms with Gasteiger partial charge in [0.25, 0.3) is 0 Å². The number of ether oxygens (including phenoxy) is 3. The molecule has 0 saturated carbocycles. The second-order valence-corrected chi connectivity index (χ2v) is 5.90. The largest absolute Gasteiger partial charge is 0.497 e. The Morgan fingerprint density at radius 2 is 1.71 bits per heavy atom. The zero-order valence-electron chi connectivity index (χ0n) is 14.1. The third-order valence-electron chi connectivity index (χ3n) is 3.41. The summed E-state index contributed by atoms with van der Waals surface area (Å²) < 4.78 is 17.3. The van der Waals surface area contributed by atoms with Crippen LogP contribution in [0, 0.1) is 0 Å². The monoisotopic (exact) mass is 415 g/mol. The van der Waals surface area contributed by atoms with E-state index in [4.69, 9.17) is 14.2 Å². The highest BCUT2D eigenvalue weighted by atomic mass is 79.9. The summed E-state index contributed by atoms with van der Waals surface area (Å²) in [6, 6.07) is 12.0. The van der Waals surface area contributed by atoms with Crippen molar-refractivity contribution in [3.63, 3.8) is 0 Å². The molecule has 24 heavy (non-hydrogen) atoms. The fourth-order valence-electron chi connectivity index (χ4n) is 2.30. The Bertz CT molecular complexity index is 635.